The smallest absolute Gasteiger partial charge is 0.407 e. The fourth-order valence-electron chi connectivity index (χ4n) is 3.51. The molecule has 2 heterocycles. The number of nitrogens with zero attached hydrogens (tertiary/aromatic N) is 1. The molecular formula is C20H23FN4O4. The number of halogens is 1. The van der Waals surface area contributed by atoms with Crippen LogP contribution in [0.3, 0.4) is 0 Å². The van der Waals surface area contributed by atoms with Crippen molar-refractivity contribution >= 4 is 17.8 Å². The molecule has 1 aliphatic heterocycles. The number of aromatic amines is 1. The first-order valence-electron chi connectivity index (χ1n) is 9.74. The van der Waals surface area contributed by atoms with Gasteiger partial charge in [0.25, 0.3) is 5.91 Å². The number of hydrogen-bond acceptors (Lipinski definition) is 5. The minimum atomic E-state index is -0.566. The number of anilines is 1. The van der Waals surface area contributed by atoms with Crippen molar-refractivity contribution in [1.82, 2.24) is 15.5 Å². The molecule has 3 N–H and O–H groups in total. The maximum Gasteiger partial charge on any atom is 0.407 e. The summed E-state index contributed by atoms with van der Waals surface area (Å²) in [6.07, 6.45) is 1.75. The molecule has 0 radical (unpaired) electrons. The Morgan fingerprint density at radius 2 is 2.14 bits per heavy atom. The third-order valence-corrected chi connectivity index (χ3v) is 5.25. The Bertz CT molecular complexity index is 875. The monoisotopic (exact) mass is 402 g/mol. The number of hydrogen-bond donors (Lipinski definition) is 3. The summed E-state index contributed by atoms with van der Waals surface area (Å²) in [5.74, 6) is 0.160. The lowest BCUT2D eigenvalue weighted by Gasteiger charge is -2.33. The average molecular weight is 402 g/mol. The second-order valence-corrected chi connectivity index (χ2v) is 7.34. The van der Waals surface area contributed by atoms with E-state index in [-0.39, 0.29) is 30.3 Å². The highest BCUT2D eigenvalue weighted by Crippen LogP contribution is 2.38. The van der Waals surface area contributed by atoms with Crippen LogP contribution in [-0.2, 0) is 20.8 Å². The van der Waals surface area contributed by atoms with Gasteiger partial charge in [-0.3, -0.25) is 9.89 Å². The molecule has 29 heavy (non-hydrogen) atoms. The highest BCUT2D eigenvalue weighted by atomic mass is 19.1. The lowest BCUT2D eigenvalue weighted by Crippen LogP contribution is -2.36. The zero-order valence-corrected chi connectivity index (χ0v) is 15.8. The van der Waals surface area contributed by atoms with Crippen molar-refractivity contribution in [2.75, 3.05) is 11.9 Å². The number of rotatable bonds is 6. The SMILES string of the molecule is O=C(NCc1ccccc1F)OC1CC(c2cc(NC(=O)[C@H]3CCCO3)[nH]n2)C1. The van der Waals surface area contributed by atoms with Gasteiger partial charge in [-0.2, -0.15) is 5.10 Å². The standard InChI is InChI=1S/C20H23FN4O4/c21-15-5-2-1-4-12(15)11-22-20(27)29-14-8-13(9-14)16-10-18(25-24-16)23-19(26)17-6-3-7-28-17/h1-2,4-5,10,13-14,17H,3,6-9,11H2,(H,22,27)(H2,23,24,25,26)/t13?,14?,17-/m1/s1. The van der Waals surface area contributed by atoms with E-state index < -0.39 is 12.2 Å². The van der Waals surface area contributed by atoms with Gasteiger partial charge in [0.15, 0.2) is 0 Å². The quantitative estimate of drug-likeness (QED) is 0.689. The van der Waals surface area contributed by atoms with E-state index in [1.165, 1.54) is 6.07 Å². The van der Waals surface area contributed by atoms with E-state index >= 15 is 0 Å². The molecule has 1 saturated heterocycles. The molecule has 2 amide bonds. The zero-order chi connectivity index (χ0) is 20.2. The lowest BCUT2D eigenvalue weighted by atomic mass is 9.80. The van der Waals surface area contributed by atoms with Gasteiger partial charge in [0.1, 0.15) is 23.8 Å². The van der Waals surface area contributed by atoms with E-state index in [4.69, 9.17) is 9.47 Å². The topological polar surface area (TPSA) is 105 Å². The summed E-state index contributed by atoms with van der Waals surface area (Å²) in [6.45, 7) is 0.693. The summed E-state index contributed by atoms with van der Waals surface area (Å²) in [6, 6.07) is 8.07. The molecule has 8 nitrogen and oxygen atoms in total. The molecule has 1 aromatic carbocycles. The van der Waals surface area contributed by atoms with Gasteiger partial charge in [0, 0.05) is 30.7 Å². The van der Waals surface area contributed by atoms with Crippen molar-refractivity contribution in [2.45, 2.75) is 50.4 Å². The van der Waals surface area contributed by atoms with Crippen LogP contribution in [0.25, 0.3) is 0 Å². The summed E-state index contributed by atoms with van der Waals surface area (Å²) >= 11 is 0. The second-order valence-electron chi connectivity index (χ2n) is 7.34. The normalized spacial score (nSPS) is 23.3. The van der Waals surface area contributed by atoms with Crippen molar-refractivity contribution in [3.05, 3.63) is 47.4 Å². The van der Waals surface area contributed by atoms with Crippen LogP contribution >= 0.6 is 0 Å². The number of benzene rings is 1. The van der Waals surface area contributed by atoms with Gasteiger partial charge >= 0.3 is 6.09 Å². The molecule has 2 fully saturated rings. The number of carbonyl (C=O) groups excluding carboxylic acids is 2. The molecule has 0 bridgehead atoms. The third kappa shape index (κ3) is 4.73. The molecule has 1 aromatic heterocycles. The lowest BCUT2D eigenvalue weighted by molar-refractivity contribution is -0.124. The van der Waals surface area contributed by atoms with E-state index in [0.717, 1.165) is 18.5 Å². The molecule has 1 saturated carbocycles. The van der Waals surface area contributed by atoms with Crippen molar-refractivity contribution < 1.29 is 23.5 Å². The highest BCUT2D eigenvalue weighted by molar-refractivity contribution is 5.93. The van der Waals surface area contributed by atoms with Crippen LogP contribution in [0.15, 0.2) is 30.3 Å². The molecule has 9 heteroatoms. The Morgan fingerprint density at radius 1 is 1.31 bits per heavy atom. The number of alkyl carbamates (subject to hydrolysis) is 1. The molecule has 0 unspecified atom stereocenters. The first kappa shape index (κ1) is 19.4. The summed E-state index contributed by atoms with van der Waals surface area (Å²) in [5.41, 5.74) is 1.23. The summed E-state index contributed by atoms with van der Waals surface area (Å²) < 4.78 is 24.3. The Kier molecular flexibility index (Phi) is 5.75. The van der Waals surface area contributed by atoms with Crippen LogP contribution in [-0.4, -0.2) is 41.0 Å². The number of carbonyl (C=O) groups is 2. The fourth-order valence-corrected chi connectivity index (χ4v) is 3.51. The number of nitrogens with one attached hydrogen (secondary N) is 3. The van der Waals surface area contributed by atoms with Gasteiger partial charge in [-0.15, -0.1) is 0 Å². The first-order chi connectivity index (χ1) is 14.1. The van der Waals surface area contributed by atoms with Crippen molar-refractivity contribution in [1.29, 1.82) is 0 Å². The molecule has 0 spiro atoms. The van der Waals surface area contributed by atoms with E-state index in [1.54, 1.807) is 24.3 Å². The maximum atomic E-state index is 13.6. The number of amides is 2. The first-order valence-corrected chi connectivity index (χ1v) is 9.74. The van der Waals surface area contributed by atoms with Gasteiger partial charge in [0.2, 0.25) is 0 Å². The van der Waals surface area contributed by atoms with Gasteiger partial charge in [-0.05, 0) is 31.7 Å². The number of aromatic nitrogens is 2. The van der Waals surface area contributed by atoms with Crippen LogP contribution in [0.2, 0.25) is 0 Å². The summed E-state index contributed by atoms with van der Waals surface area (Å²) in [4.78, 5) is 24.0. The van der Waals surface area contributed by atoms with Crippen molar-refractivity contribution in [3.8, 4) is 0 Å². The minimum Gasteiger partial charge on any atom is -0.446 e. The number of ether oxygens (including phenoxy) is 2. The summed E-state index contributed by atoms with van der Waals surface area (Å²) in [7, 11) is 0. The van der Waals surface area contributed by atoms with Gasteiger partial charge in [-0.25, -0.2) is 9.18 Å². The van der Waals surface area contributed by atoms with E-state index in [2.05, 4.69) is 20.8 Å². The van der Waals surface area contributed by atoms with E-state index in [1.807, 2.05) is 0 Å². The third-order valence-electron chi connectivity index (χ3n) is 5.25. The number of H-pyrrole nitrogens is 1. The maximum absolute atomic E-state index is 13.6. The molecule has 2 aliphatic rings. The Hall–Kier alpha value is -2.94. The minimum absolute atomic E-state index is 0.0782. The van der Waals surface area contributed by atoms with Gasteiger partial charge in [0.05, 0.1) is 5.69 Å². The molecule has 1 atom stereocenters. The highest BCUT2D eigenvalue weighted by Gasteiger charge is 2.35. The molecule has 2 aromatic rings. The van der Waals surface area contributed by atoms with Crippen LogP contribution in [0.4, 0.5) is 15.0 Å². The van der Waals surface area contributed by atoms with Gasteiger partial charge in [-0.1, -0.05) is 18.2 Å². The van der Waals surface area contributed by atoms with Crippen LogP contribution in [0, 0.1) is 5.82 Å². The predicted octanol–water partition coefficient (Wildman–Crippen LogP) is 2.84. The van der Waals surface area contributed by atoms with Gasteiger partial charge < -0.3 is 20.1 Å². The van der Waals surface area contributed by atoms with Crippen LogP contribution < -0.4 is 10.6 Å². The molecule has 154 valence electrons. The van der Waals surface area contributed by atoms with E-state index in [9.17, 15) is 14.0 Å². The molecule has 4 rings (SSSR count). The summed E-state index contributed by atoms with van der Waals surface area (Å²) in [5, 5.41) is 12.4. The zero-order valence-electron chi connectivity index (χ0n) is 15.8. The van der Waals surface area contributed by atoms with Crippen molar-refractivity contribution in [2.24, 2.45) is 0 Å². The average Bonchev–Trinajstić information content (AvgIpc) is 3.36. The second kappa shape index (κ2) is 8.60. The van der Waals surface area contributed by atoms with Crippen LogP contribution in [0.5, 0.6) is 0 Å². The molecular weight excluding hydrogens is 379 g/mol. The van der Waals surface area contributed by atoms with Crippen LogP contribution in [0.1, 0.15) is 42.9 Å². The predicted molar refractivity (Wildman–Crippen MR) is 102 cm³/mol. The van der Waals surface area contributed by atoms with E-state index in [0.29, 0.717) is 30.8 Å². The Balaban J connectivity index is 1.19. The largest absolute Gasteiger partial charge is 0.446 e. The molecule has 1 aliphatic carbocycles. The Labute approximate surface area is 167 Å². The van der Waals surface area contributed by atoms with Crippen molar-refractivity contribution in [3.63, 3.8) is 0 Å². The fraction of sp³-hybridized carbons (Fsp3) is 0.450. The Morgan fingerprint density at radius 3 is 2.90 bits per heavy atom.